The first-order chi connectivity index (χ1) is 9.72. The summed E-state index contributed by atoms with van der Waals surface area (Å²) in [5.74, 6) is 0.681. The van der Waals surface area contributed by atoms with Crippen LogP contribution in [0.5, 0.6) is 0 Å². The Bertz CT molecular complexity index is 576. The fourth-order valence-corrected chi connectivity index (χ4v) is 4.24. The monoisotopic (exact) mass is 306 g/mol. The Labute approximate surface area is 127 Å². The van der Waals surface area contributed by atoms with Crippen LogP contribution < -0.4 is 0 Å². The Hall–Kier alpha value is -1.20. The molecule has 3 nitrogen and oxygen atoms in total. The lowest BCUT2D eigenvalue weighted by Crippen LogP contribution is -2.39. The summed E-state index contributed by atoms with van der Waals surface area (Å²) < 4.78 is 0. The van der Waals surface area contributed by atoms with E-state index in [9.17, 15) is 4.79 Å². The molecule has 0 radical (unpaired) electrons. The van der Waals surface area contributed by atoms with Crippen LogP contribution in [0.2, 0.25) is 0 Å². The highest BCUT2D eigenvalue weighted by atomic mass is 32.1. The number of aromatic nitrogens is 1. The molecule has 1 atom stereocenters. The standard InChI is InChI=1S/C15H18N2OS2/c1-11-9-16-15(20-11)12-4-2-6-17(10-12)14(18)8-13-5-3-7-19-13/h3,5,7,9,12H,2,4,6,8,10H2,1H3/t12-/m0/s1. The van der Waals surface area contributed by atoms with E-state index in [4.69, 9.17) is 0 Å². The summed E-state index contributed by atoms with van der Waals surface area (Å²) >= 11 is 3.42. The van der Waals surface area contributed by atoms with Gasteiger partial charge in [0.25, 0.3) is 0 Å². The predicted molar refractivity (Wildman–Crippen MR) is 83.4 cm³/mol. The van der Waals surface area contributed by atoms with Crippen molar-refractivity contribution >= 4 is 28.6 Å². The fraction of sp³-hybridized carbons (Fsp3) is 0.467. The van der Waals surface area contributed by atoms with E-state index in [1.54, 1.807) is 22.7 Å². The Morgan fingerprint density at radius 2 is 2.45 bits per heavy atom. The highest BCUT2D eigenvalue weighted by Gasteiger charge is 2.26. The second kappa shape index (κ2) is 6.06. The first-order valence-corrected chi connectivity index (χ1v) is 8.64. The quantitative estimate of drug-likeness (QED) is 0.870. The SMILES string of the molecule is Cc1cnc([C@H]2CCCN(C(=O)Cc3cccs3)C2)s1. The van der Waals surface area contributed by atoms with Crippen LogP contribution in [0.15, 0.2) is 23.7 Å². The van der Waals surface area contributed by atoms with Crippen molar-refractivity contribution in [2.24, 2.45) is 0 Å². The third-order valence-electron chi connectivity index (χ3n) is 3.67. The van der Waals surface area contributed by atoms with Crippen LogP contribution >= 0.6 is 22.7 Å². The van der Waals surface area contributed by atoms with Crippen molar-refractivity contribution in [3.05, 3.63) is 38.5 Å². The van der Waals surface area contributed by atoms with Gasteiger partial charge in [0.1, 0.15) is 0 Å². The predicted octanol–water partition coefficient (Wildman–Crippen LogP) is 3.46. The van der Waals surface area contributed by atoms with Crippen molar-refractivity contribution in [3.63, 3.8) is 0 Å². The number of rotatable bonds is 3. The number of likely N-dealkylation sites (tertiary alicyclic amines) is 1. The summed E-state index contributed by atoms with van der Waals surface area (Å²) in [6.07, 6.45) is 4.71. The van der Waals surface area contributed by atoms with Crippen molar-refractivity contribution in [1.82, 2.24) is 9.88 Å². The maximum Gasteiger partial charge on any atom is 0.227 e. The first kappa shape index (κ1) is 13.8. The molecule has 0 bridgehead atoms. The van der Waals surface area contributed by atoms with Crippen LogP contribution in [-0.2, 0) is 11.2 Å². The molecule has 1 aliphatic heterocycles. The van der Waals surface area contributed by atoms with Gasteiger partial charge >= 0.3 is 0 Å². The number of nitrogens with zero attached hydrogens (tertiary/aromatic N) is 2. The molecule has 0 unspecified atom stereocenters. The molecule has 0 spiro atoms. The zero-order valence-electron chi connectivity index (χ0n) is 11.5. The lowest BCUT2D eigenvalue weighted by molar-refractivity contribution is -0.131. The molecule has 20 heavy (non-hydrogen) atoms. The van der Waals surface area contributed by atoms with Crippen LogP contribution in [0.3, 0.4) is 0 Å². The van der Waals surface area contributed by atoms with Crippen LogP contribution in [0.25, 0.3) is 0 Å². The normalized spacial score (nSPS) is 19.2. The van der Waals surface area contributed by atoms with E-state index in [1.165, 1.54) is 9.88 Å². The Kier molecular flexibility index (Phi) is 4.17. The van der Waals surface area contributed by atoms with Crippen LogP contribution in [0.4, 0.5) is 0 Å². The topological polar surface area (TPSA) is 33.2 Å². The number of carbonyl (C=O) groups excluding carboxylic acids is 1. The van der Waals surface area contributed by atoms with E-state index in [2.05, 4.69) is 11.9 Å². The number of hydrogen-bond donors (Lipinski definition) is 0. The number of hydrogen-bond acceptors (Lipinski definition) is 4. The largest absolute Gasteiger partial charge is 0.342 e. The van der Waals surface area contributed by atoms with E-state index in [0.29, 0.717) is 12.3 Å². The summed E-state index contributed by atoms with van der Waals surface area (Å²) in [5.41, 5.74) is 0. The molecule has 2 aromatic heterocycles. The van der Waals surface area contributed by atoms with Crippen molar-refractivity contribution in [1.29, 1.82) is 0 Å². The number of carbonyl (C=O) groups is 1. The molecule has 0 aliphatic carbocycles. The highest BCUT2D eigenvalue weighted by molar-refractivity contribution is 7.11. The summed E-state index contributed by atoms with van der Waals surface area (Å²) in [4.78, 5) is 21.3. The van der Waals surface area contributed by atoms with Gasteiger partial charge in [0, 0.05) is 35.0 Å². The molecule has 1 aliphatic rings. The highest BCUT2D eigenvalue weighted by Crippen LogP contribution is 2.30. The molecular weight excluding hydrogens is 288 g/mol. The van der Waals surface area contributed by atoms with Gasteiger partial charge in [0.15, 0.2) is 0 Å². The summed E-state index contributed by atoms with van der Waals surface area (Å²) in [6, 6.07) is 4.04. The van der Waals surface area contributed by atoms with Crippen LogP contribution in [-0.4, -0.2) is 28.9 Å². The molecule has 3 heterocycles. The van der Waals surface area contributed by atoms with Gasteiger partial charge in [0.05, 0.1) is 11.4 Å². The second-order valence-electron chi connectivity index (χ2n) is 5.24. The third kappa shape index (κ3) is 3.10. The van der Waals surface area contributed by atoms with Crippen LogP contribution in [0, 0.1) is 6.92 Å². The average Bonchev–Trinajstić information content (AvgIpc) is 3.10. The number of thiophene rings is 1. The third-order valence-corrected chi connectivity index (χ3v) is 5.62. The van der Waals surface area contributed by atoms with Gasteiger partial charge in [-0.1, -0.05) is 6.07 Å². The molecule has 2 aromatic rings. The lowest BCUT2D eigenvalue weighted by Gasteiger charge is -2.31. The molecule has 106 valence electrons. The molecule has 0 N–H and O–H groups in total. The minimum atomic E-state index is 0.255. The summed E-state index contributed by atoms with van der Waals surface area (Å²) in [6.45, 7) is 3.81. The van der Waals surface area contributed by atoms with Crippen molar-refractivity contribution in [3.8, 4) is 0 Å². The van der Waals surface area contributed by atoms with Gasteiger partial charge < -0.3 is 4.90 Å². The zero-order valence-corrected chi connectivity index (χ0v) is 13.2. The zero-order chi connectivity index (χ0) is 13.9. The maximum atomic E-state index is 12.4. The van der Waals surface area contributed by atoms with E-state index in [0.717, 1.165) is 30.8 Å². The molecule has 1 saturated heterocycles. The van der Waals surface area contributed by atoms with Crippen molar-refractivity contribution in [2.45, 2.75) is 32.1 Å². The van der Waals surface area contributed by atoms with E-state index >= 15 is 0 Å². The number of amides is 1. The molecule has 5 heteroatoms. The average molecular weight is 306 g/mol. The number of thiazole rings is 1. The molecular formula is C15H18N2OS2. The van der Waals surface area contributed by atoms with Gasteiger partial charge in [0.2, 0.25) is 5.91 Å². The summed E-state index contributed by atoms with van der Waals surface area (Å²) in [5, 5.41) is 3.22. The summed E-state index contributed by atoms with van der Waals surface area (Å²) in [7, 11) is 0. The maximum absolute atomic E-state index is 12.4. The van der Waals surface area contributed by atoms with Gasteiger partial charge in [-0.25, -0.2) is 4.98 Å². The van der Waals surface area contributed by atoms with E-state index in [1.807, 2.05) is 28.6 Å². The van der Waals surface area contributed by atoms with Gasteiger partial charge in [-0.05, 0) is 31.2 Å². The van der Waals surface area contributed by atoms with E-state index < -0.39 is 0 Å². The molecule has 3 rings (SSSR count). The van der Waals surface area contributed by atoms with Gasteiger partial charge in [-0.15, -0.1) is 22.7 Å². The van der Waals surface area contributed by atoms with Crippen molar-refractivity contribution in [2.75, 3.05) is 13.1 Å². The Morgan fingerprint density at radius 3 is 3.15 bits per heavy atom. The lowest BCUT2D eigenvalue weighted by atomic mass is 9.98. The van der Waals surface area contributed by atoms with Crippen molar-refractivity contribution < 1.29 is 4.79 Å². The fourth-order valence-electron chi connectivity index (χ4n) is 2.64. The molecule has 1 fully saturated rings. The Morgan fingerprint density at radius 1 is 1.55 bits per heavy atom. The minimum Gasteiger partial charge on any atom is -0.342 e. The van der Waals surface area contributed by atoms with Gasteiger partial charge in [-0.2, -0.15) is 0 Å². The van der Waals surface area contributed by atoms with E-state index in [-0.39, 0.29) is 5.91 Å². The molecule has 0 saturated carbocycles. The number of piperidine rings is 1. The molecule has 1 amide bonds. The smallest absolute Gasteiger partial charge is 0.227 e. The first-order valence-electron chi connectivity index (χ1n) is 6.95. The minimum absolute atomic E-state index is 0.255. The number of aryl methyl sites for hydroxylation is 1. The molecule has 0 aromatic carbocycles. The van der Waals surface area contributed by atoms with Gasteiger partial charge in [-0.3, -0.25) is 4.79 Å². The Balaban J connectivity index is 1.64. The second-order valence-corrected chi connectivity index (χ2v) is 7.54. The van der Waals surface area contributed by atoms with Crippen LogP contribution in [0.1, 0.15) is 33.5 Å².